The molecule has 2 rings (SSSR count). The number of aliphatic hydroxyl groups excluding tert-OH is 1. The average molecular weight is 680 g/mol. The summed E-state index contributed by atoms with van der Waals surface area (Å²) in [7, 11) is 0. The number of aliphatic carboxylic acids is 1. The van der Waals surface area contributed by atoms with Crippen LogP contribution in [0.5, 0.6) is 0 Å². The maximum atomic E-state index is 13.7. The van der Waals surface area contributed by atoms with E-state index in [1.165, 1.54) is 31.3 Å². The number of nitrogens with zero attached hydrogens (tertiary/aromatic N) is 3. The van der Waals surface area contributed by atoms with Crippen LogP contribution in [0.4, 0.5) is 0 Å². The number of carbonyl (C=O) groups excluding carboxylic acids is 5. The molecule has 1 aliphatic rings. The highest BCUT2D eigenvalue weighted by Crippen LogP contribution is 2.18. The Bertz CT molecular complexity index is 1300. The number of nitrogens with one attached hydrogen (secondary N) is 5. The van der Waals surface area contributed by atoms with Gasteiger partial charge in [-0.2, -0.15) is 0 Å². The van der Waals surface area contributed by atoms with Gasteiger partial charge in [0.2, 0.25) is 29.5 Å². The molecular weight excluding hydrogens is 630 g/mol. The molecular formula is C29H49N11O8. The molecule has 7 atom stereocenters. The molecule has 0 radical (unpaired) electrons. The van der Waals surface area contributed by atoms with Crippen LogP contribution in [0.1, 0.15) is 59.1 Å². The van der Waals surface area contributed by atoms with E-state index in [-0.39, 0.29) is 38.3 Å². The first kappa shape index (κ1) is 39.4. The van der Waals surface area contributed by atoms with Gasteiger partial charge < -0.3 is 58.6 Å². The summed E-state index contributed by atoms with van der Waals surface area (Å²) in [5.41, 5.74) is 17.0. The van der Waals surface area contributed by atoms with Gasteiger partial charge in [0.25, 0.3) is 0 Å². The number of carbonyl (C=O) groups is 6. The molecule has 0 aromatic carbocycles. The molecule has 19 nitrogen and oxygen atoms in total. The fraction of sp³-hybridized carbons (Fsp3) is 0.655. The molecule has 1 aliphatic heterocycles. The number of nitrogens with two attached hydrogens (primary N) is 3. The number of aliphatic imine (C=N–C) groups is 1. The summed E-state index contributed by atoms with van der Waals surface area (Å²) in [6.07, 6.45) is 2.65. The van der Waals surface area contributed by atoms with Crippen LogP contribution in [0, 0.1) is 5.92 Å². The van der Waals surface area contributed by atoms with E-state index in [0.717, 1.165) is 0 Å². The molecule has 0 aliphatic carbocycles. The Morgan fingerprint density at radius 3 is 2.21 bits per heavy atom. The maximum absolute atomic E-state index is 13.7. The van der Waals surface area contributed by atoms with E-state index in [0.29, 0.717) is 18.5 Å². The van der Waals surface area contributed by atoms with Crippen LogP contribution in [0.3, 0.4) is 0 Å². The third kappa shape index (κ3) is 11.8. The second kappa shape index (κ2) is 18.5. The van der Waals surface area contributed by atoms with Crippen LogP contribution >= 0.6 is 0 Å². The highest BCUT2D eigenvalue weighted by Gasteiger charge is 2.37. The number of carboxylic acids is 1. The number of hydrogen-bond donors (Lipinski definition) is 10. The zero-order valence-electron chi connectivity index (χ0n) is 27.6. The summed E-state index contributed by atoms with van der Waals surface area (Å²) in [4.78, 5) is 89.7. The van der Waals surface area contributed by atoms with Crippen molar-refractivity contribution in [3.8, 4) is 0 Å². The Morgan fingerprint density at radius 1 is 1.00 bits per heavy atom. The smallest absolute Gasteiger partial charge is 0.326 e. The summed E-state index contributed by atoms with van der Waals surface area (Å²) < 4.78 is 0. The predicted molar refractivity (Wildman–Crippen MR) is 172 cm³/mol. The lowest BCUT2D eigenvalue weighted by Crippen LogP contribution is -2.60. The number of carboxylic acid groups (broad SMARTS) is 1. The van der Waals surface area contributed by atoms with Crippen LogP contribution in [0.2, 0.25) is 0 Å². The molecule has 1 aromatic rings. The molecule has 13 N–H and O–H groups in total. The largest absolute Gasteiger partial charge is 0.480 e. The summed E-state index contributed by atoms with van der Waals surface area (Å²) >= 11 is 0. The van der Waals surface area contributed by atoms with Crippen molar-refractivity contribution in [2.24, 2.45) is 28.1 Å². The van der Waals surface area contributed by atoms with Gasteiger partial charge in [0.05, 0.1) is 12.4 Å². The van der Waals surface area contributed by atoms with E-state index in [4.69, 9.17) is 17.2 Å². The number of aromatic nitrogens is 2. The Kier molecular flexibility index (Phi) is 15.2. The molecule has 1 saturated heterocycles. The van der Waals surface area contributed by atoms with Gasteiger partial charge in [-0.05, 0) is 45.4 Å². The van der Waals surface area contributed by atoms with Gasteiger partial charge in [-0.25, -0.2) is 9.78 Å². The molecule has 5 amide bonds. The lowest BCUT2D eigenvalue weighted by Gasteiger charge is -2.28. The Balaban J connectivity index is 2.27. The Labute approximate surface area is 278 Å². The van der Waals surface area contributed by atoms with Gasteiger partial charge in [-0.3, -0.25) is 29.0 Å². The minimum absolute atomic E-state index is 0.0269. The minimum atomic E-state index is -1.30. The lowest BCUT2D eigenvalue weighted by molar-refractivity contribution is -0.149. The van der Waals surface area contributed by atoms with Crippen molar-refractivity contribution in [3.05, 3.63) is 18.2 Å². The van der Waals surface area contributed by atoms with Gasteiger partial charge in [-0.15, -0.1) is 0 Å². The number of hydrogen-bond acceptors (Lipinski definition) is 10. The van der Waals surface area contributed by atoms with Crippen molar-refractivity contribution in [1.29, 1.82) is 0 Å². The first-order chi connectivity index (χ1) is 22.5. The van der Waals surface area contributed by atoms with E-state index in [9.17, 15) is 39.0 Å². The number of amides is 5. The molecule has 1 aromatic heterocycles. The summed E-state index contributed by atoms with van der Waals surface area (Å²) in [6, 6.07) is -7.03. The molecule has 0 saturated carbocycles. The standard InChI is InChI=1S/C29H49N11O8/c1-14(2)22(39-25(44)21(30)16(4)41)26(45)37-18(7-5-9-34-29(31)32)23(42)38-19(11-17-12-33-13-35-17)24(43)36-15(3)27(46)40-10-6-8-20(40)28(47)48/h12-16,18-22,41H,5-11,30H2,1-4H3,(H,33,35)(H,36,43)(H,37,45)(H,38,42)(H,39,44)(H,47,48)(H4,31,32,34)/t15-,16+,18-,19-,20-,21-,22-/m0/s1. The summed E-state index contributed by atoms with van der Waals surface area (Å²) in [5, 5.41) is 29.5. The fourth-order valence-electron chi connectivity index (χ4n) is 5.05. The van der Waals surface area contributed by atoms with Gasteiger partial charge in [0, 0.05) is 31.4 Å². The van der Waals surface area contributed by atoms with Crippen molar-refractivity contribution >= 4 is 41.5 Å². The van der Waals surface area contributed by atoms with Gasteiger partial charge >= 0.3 is 5.97 Å². The quantitative estimate of drug-likeness (QED) is 0.0409. The number of imidazole rings is 1. The summed E-state index contributed by atoms with van der Waals surface area (Å²) in [5.74, 6) is -5.32. The van der Waals surface area contributed by atoms with E-state index >= 15 is 0 Å². The van der Waals surface area contributed by atoms with Crippen LogP contribution < -0.4 is 38.5 Å². The SMILES string of the molecule is CC(C)[C@H](NC(=O)[C@@H](N)[C@@H](C)O)C(=O)N[C@@H](CCCN=C(N)N)C(=O)N[C@@H](Cc1cnc[nH]1)C(=O)N[C@@H](C)C(=O)N1CCC[C@H]1C(=O)O. The highest BCUT2D eigenvalue weighted by atomic mass is 16.4. The summed E-state index contributed by atoms with van der Waals surface area (Å²) in [6.45, 7) is 6.44. The van der Waals surface area contributed by atoms with Crippen molar-refractivity contribution in [3.63, 3.8) is 0 Å². The highest BCUT2D eigenvalue weighted by molar-refractivity contribution is 5.96. The third-order valence-electron chi connectivity index (χ3n) is 7.81. The minimum Gasteiger partial charge on any atom is -0.480 e. The predicted octanol–water partition coefficient (Wildman–Crippen LogP) is -3.60. The van der Waals surface area contributed by atoms with Crippen molar-refractivity contribution < 1.29 is 39.0 Å². The van der Waals surface area contributed by atoms with Crippen molar-refractivity contribution in [1.82, 2.24) is 36.1 Å². The van der Waals surface area contributed by atoms with Gasteiger partial charge in [-0.1, -0.05) is 13.8 Å². The van der Waals surface area contributed by atoms with E-state index in [1.807, 2.05) is 0 Å². The first-order valence-corrected chi connectivity index (χ1v) is 15.7. The Hall–Kier alpha value is -4.78. The monoisotopic (exact) mass is 679 g/mol. The zero-order valence-corrected chi connectivity index (χ0v) is 27.6. The molecule has 0 bridgehead atoms. The van der Waals surface area contributed by atoms with Crippen LogP contribution in [-0.4, -0.2) is 122 Å². The van der Waals surface area contributed by atoms with Crippen LogP contribution in [-0.2, 0) is 35.2 Å². The van der Waals surface area contributed by atoms with Crippen LogP contribution in [0.25, 0.3) is 0 Å². The van der Waals surface area contributed by atoms with Gasteiger partial charge in [0.15, 0.2) is 5.96 Å². The fourth-order valence-corrected chi connectivity index (χ4v) is 5.05. The second-order valence-corrected chi connectivity index (χ2v) is 12.1. The molecule has 0 unspecified atom stereocenters. The molecule has 268 valence electrons. The van der Waals surface area contributed by atoms with Crippen molar-refractivity contribution in [2.75, 3.05) is 13.1 Å². The third-order valence-corrected chi connectivity index (χ3v) is 7.81. The topological polar surface area (TPSA) is 313 Å². The molecule has 1 fully saturated rings. The zero-order chi connectivity index (χ0) is 36.1. The number of aromatic amines is 1. The number of likely N-dealkylation sites (tertiary alicyclic amines) is 1. The first-order valence-electron chi connectivity index (χ1n) is 15.7. The number of aliphatic hydroxyl groups is 1. The van der Waals surface area contributed by atoms with E-state index < -0.39 is 83.8 Å². The molecule has 48 heavy (non-hydrogen) atoms. The molecule has 0 spiro atoms. The Morgan fingerprint density at radius 2 is 1.65 bits per heavy atom. The van der Waals surface area contributed by atoms with E-state index in [1.54, 1.807) is 13.8 Å². The lowest BCUT2D eigenvalue weighted by atomic mass is 10.0. The number of guanidine groups is 1. The average Bonchev–Trinajstić information content (AvgIpc) is 3.72. The second-order valence-electron chi connectivity index (χ2n) is 12.1. The van der Waals surface area contributed by atoms with Crippen LogP contribution in [0.15, 0.2) is 17.5 Å². The molecule has 2 heterocycles. The number of rotatable bonds is 18. The number of H-pyrrole nitrogens is 1. The maximum Gasteiger partial charge on any atom is 0.326 e. The van der Waals surface area contributed by atoms with Crippen molar-refractivity contribution in [2.45, 2.75) is 102 Å². The normalized spacial score (nSPS) is 18.1. The van der Waals surface area contributed by atoms with E-state index in [2.05, 4.69) is 36.2 Å². The molecule has 19 heteroatoms. The van der Waals surface area contributed by atoms with Gasteiger partial charge in [0.1, 0.15) is 36.3 Å².